The molecule has 1 saturated heterocycles. The quantitative estimate of drug-likeness (QED) is 0.867. The number of rotatable bonds is 4. The van der Waals surface area contributed by atoms with E-state index in [1.807, 2.05) is 6.20 Å². The minimum atomic E-state index is -0.221. The summed E-state index contributed by atoms with van der Waals surface area (Å²) in [7, 11) is 0. The molecule has 2 amide bonds. The number of hydrogen-bond donors (Lipinski definition) is 2. The van der Waals surface area contributed by atoms with E-state index in [9.17, 15) is 4.79 Å². The van der Waals surface area contributed by atoms with Gasteiger partial charge in [-0.2, -0.15) is 0 Å². The number of anilines is 1. The first-order chi connectivity index (χ1) is 13.2. The van der Waals surface area contributed by atoms with Crippen molar-refractivity contribution in [3.8, 4) is 0 Å². The summed E-state index contributed by atoms with van der Waals surface area (Å²) < 4.78 is 8.03. The molecule has 144 valence electrons. The largest absolute Gasteiger partial charge is 0.368 e. The molecule has 2 N–H and O–H groups in total. The van der Waals surface area contributed by atoms with Crippen LogP contribution in [0, 0.1) is 0 Å². The number of nitrogens with zero attached hydrogens (tertiary/aromatic N) is 3. The SMILES string of the molecule is CCn1ccnc1[C@H]1OCCC[C@@H]1NC(=O)Nc1cnc2c(c1)CCCC2. The number of pyridine rings is 1. The van der Waals surface area contributed by atoms with Gasteiger partial charge in [0.25, 0.3) is 0 Å². The van der Waals surface area contributed by atoms with Crippen molar-refractivity contribution in [3.63, 3.8) is 0 Å². The first-order valence-electron chi connectivity index (χ1n) is 9.92. The summed E-state index contributed by atoms with van der Waals surface area (Å²) in [5.74, 6) is 0.873. The molecule has 2 aromatic rings. The summed E-state index contributed by atoms with van der Waals surface area (Å²) in [5, 5.41) is 6.02. The lowest BCUT2D eigenvalue weighted by atomic mass is 9.96. The van der Waals surface area contributed by atoms with Crippen molar-refractivity contribution in [1.29, 1.82) is 0 Å². The maximum absolute atomic E-state index is 12.6. The minimum Gasteiger partial charge on any atom is -0.368 e. The molecule has 0 aromatic carbocycles. The summed E-state index contributed by atoms with van der Waals surface area (Å²) in [6.07, 6.45) is 11.5. The van der Waals surface area contributed by atoms with Gasteiger partial charge in [0, 0.05) is 31.2 Å². The number of urea groups is 1. The van der Waals surface area contributed by atoms with Gasteiger partial charge in [-0.1, -0.05) is 0 Å². The Labute approximate surface area is 159 Å². The number of hydrogen-bond acceptors (Lipinski definition) is 4. The van der Waals surface area contributed by atoms with Crippen LogP contribution in [0.1, 0.15) is 55.8 Å². The van der Waals surface area contributed by atoms with Crippen molar-refractivity contribution in [3.05, 3.63) is 41.7 Å². The van der Waals surface area contributed by atoms with E-state index in [1.54, 1.807) is 12.4 Å². The van der Waals surface area contributed by atoms with Crippen molar-refractivity contribution < 1.29 is 9.53 Å². The molecule has 0 radical (unpaired) electrons. The molecule has 1 fully saturated rings. The van der Waals surface area contributed by atoms with Crippen LogP contribution < -0.4 is 10.6 Å². The highest BCUT2D eigenvalue weighted by Crippen LogP contribution is 2.28. The Morgan fingerprint density at radius 2 is 2.19 bits per heavy atom. The topological polar surface area (TPSA) is 81.1 Å². The van der Waals surface area contributed by atoms with E-state index in [2.05, 4.69) is 38.2 Å². The number of amides is 2. The lowest BCUT2D eigenvalue weighted by molar-refractivity contribution is -0.0140. The first-order valence-corrected chi connectivity index (χ1v) is 9.92. The van der Waals surface area contributed by atoms with Gasteiger partial charge in [-0.05, 0) is 57.1 Å². The number of imidazole rings is 1. The van der Waals surface area contributed by atoms with Gasteiger partial charge < -0.3 is 19.9 Å². The third-order valence-corrected chi connectivity index (χ3v) is 5.41. The fourth-order valence-electron chi connectivity index (χ4n) is 4.02. The monoisotopic (exact) mass is 369 g/mol. The zero-order valence-corrected chi connectivity index (χ0v) is 15.8. The number of carbonyl (C=O) groups is 1. The molecule has 0 unspecified atom stereocenters. The van der Waals surface area contributed by atoms with Gasteiger partial charge in [0.15, 0.2) is 0 Å². The van der Waals surface area contributed by atoms with Crippen LogP contribution in [-0.4, -0.2) is 33.2 Å². The highest BCUT2D eigenvalue weighted by Gasteiger charge is 2.31. The van der Waals surface area contributed by atoms with E-state index in [-0.39, 0.29) is 18.2 Å². The van der Waals surface area contributed by atoms with Crippen LogP contribution in [0.25, 0.3) is 0 Å². The Morgan fingerprint density at radius 3 is 3.07 bits per heavy atom. The number of fused-ring (bicyclic) bond motifs is 1. The van der Waals surface area contributed by atoms with Crippen molar-refractivity contribution in [2.45, 2.75) is 64.1 Å². The standard InChI is InChI=1S/C20H27N5O2/c1-2-25-10-9-21-19(25)18-17(8-5-11-27-18)24-20(26)23-15-12-14-6-3-4-7-16(14)22-13-15/h9-10,12-13,17-18H,2-8,11H2,1H3,(H2,23,24,26)/t17-,18-/m0/s1. The fraction of sp³-hybridized carbons (Fsp3) is 0.550. The summed E-state index contributed by atoms with van der Waals surface area (Å²) in [5.41, 5.74) is 3.17. The van der Waals surface area contributed by atoms with E-state index in [1.165, 1.54) is 24.1 Å². The van der Waals surface area contributed by atoms with Crippen molar-refractivity contribution in [2.24, 2.45) is 0 Å². The molecule has 2 aliphatic rings. The smallest absolute Gasteiger partial charge is 0.319 e. The molecule has 2 aromatic heterocycles. The number of carbonyl (C=O) groups excluding carboxylic acids is 1. The Bertz CT molecular complexity index is 803. The number of nitrogens with one attached hydrogen (secondary N) is 2. The van der Waals surface area contributed by atoms with Crippen molar-refractivity contribution >= 4 is 11.7 Å². The van der Waals surface area contributed by atoms with Crippen molar-refractivity contribution in [2.75, 3.05) is 11.9 Å². The lowest BCUT2D eigenvalue weighted by Gasteiger charge is -2.32. The van der Waals surface area contributed by atoms with Gasteiger partial charge in [0.1, 0.15) is 11.9 Å². The average Bonchev–Trinajstić information content (AvgIpc) is 3.17. The predicted octanol–water partition coefficient (Wildman–Crippen LogP) is 3.22. The van der Waals surface area contributed by atoms with Crippen LogP contribution in [0.5, 0.6) is 0 Å². The van der Waals surface area contributed by atoms with Gasteiger partial charge in [0.05, 0.1) is 17.9 Å². The summed E-state index contributed by atoms with van der Waals surface area (Å²) in [6, 6.07) is 1.74. The molecule has 27 heavy (non-hydrogen) atoms. The summed E-state index contributed by atoms with van der Waals surface area (Å²) in [4.78, 5) is 21.6. The predicted molar refractivity (Wildman–Crippen MR) is 103 cm³/mol. The highest BCUT2D eigenvalue weighted by atomic mass is 16.5. The van der Waals surface area contributed by atoms with Gasteiger partial charge in [-0.3, -0.25) is 4.98 Å². The van der Waals surface area contributed by atoms with E-state index < -0.39 is 0 Å². The number of aryl methyl sites for hydroxylation is 3. The maximum Gasteiger partial charge on any atom is 0.319 e. The van der Waals surface area contributed by atoms with Crippen LogP contribution in [0.4, 0.5) is 10.5 Å². The second kappa shape index (κ2) is 8.08. The molecule has 1 aliphatic heterocycles. The van der Waals surface area contributed by atoms with Gasteiger partial charge >= 0.3 is 6.03 Å². The molecular weight excluding hydrogens is 342 g/mol. The third kappa shape index (κ3) is 3.98. The molecule has 0 bridgehead atoms. The second-order valence-electron chi connectivity index (χ2n) is 7.25. The van der Waals surface area contributed by atoms with E-state index >= 15 is 0 Å². The average molecular weight is 369 g/mol. The Morgan fingerprint density at radius 1 is 1.30 bits per heavy atom. The van der Waals surface area contributed by atoms with Crippen LogP contribution in [-0.2, 0) is 24.1 Å². The zero-order valence-electron chi connectivity index (χ0n) is 15.8. The van der Waals surface area contributed by atoms with E-state index in [0.29, 0.717) is 6.61 Å². The van der Waals surface area contributed by atoms with Crippen LogP contribution >= 0.6 is 0 Å². The molecule has 1 aliphatic carbocycles. The Hall–Kier alpha value is -2.41. The Kier molecular flexibility index (Phi) is 5.38. The molecule has 3 heterocycles. The maximum atomic E-state index is 12.6. The van der Waals surface area contributed by atoms with E-state index in [0.717, 1.165) is 43.7 Å². The van der Waals surface area contributed by atoms with Gasteiger partial charge in [0.2, 0.25) is 0 Å². The molecule has 4 rings (SSSR count). The molecule has 7 nitrogen and oxygen atoms in total. The summed E-state index contributed by atoms with van der Waals surface area (Å²) in [6.45, 7) is 3.59. The fourth-order valence-corrected chi connectivity index (χ4v) is 4.02. The summed E-state index contributed by atoms with van der Waals surface area (Å²) >= 11 is 0. The number of ether oxygens (including phenoxy) is 1. The Balaban J connectivity index is 1.43. The van der Waals surface area contributed by atoms with Gasteiger partial charge in [-0.15, -0.1) is 0 Å². The van der Waals surface area contributed by atoms with Crippen LogP contribution in [0.2, 0.25) is 0 Å². The lowest BCUT2D eigenvalue weighted by Crippen LogP contribution is -2.45. The molecule has 0 saturated carbocycles. The van der Waals surface area contributed by atoms with Gasteiger partial charge in [-0.25, -0.2) is 9.78 Å². The normalized spacial score (nSPS) is 22.1. The molecule has 2 atom stereocenters. The first kappa shape index (κ1) is 18.0. The minimum absolute atomic E-state index is 0.1000. The third-order valence-electron chi connectivity index (χ3n) is 5.41. The molecule has 0 spiro atoms. The zero-order chi connectivity index (χ0) is 18.6. The number of aromatic nitrogens is 3. The van der Waals surface area contributed by atoms with E-state index in [4.69, 9.17) is 4.74 Å². The molecular formula is C20H27N5O2. The van der Waals surface area contributed by atoms with Crippen LogP contribution in [0.15, 0.2) is 24.7 Å². The van der Waals surface area contributed by atoms with Crippen LogP contribution in [0.3, 0.4) is 0 Å². The molecule has 7 heteroatoms. The highest BCUT2D eigenvalue weighted by molar-refractivity contribution is 5.89. The second-order valence-corrected chi connectivity index (χ2v) is 7.25. The van der Waals surface area contributed by atoms with Crippen molar-refractivity contribution in [1.82, 2.24) is 19.9 Å².